The molecule has 8 heteroatoms. The molecule has 3 aromatic rings. The highest BCUT2D eigenvalue weighted by Crippen LogP contribution is 2.29. The lowest BCUT2D eigenvalue weighted by Crippen LogP contribution is -2.13. The molecule has 0 atom stereocenters. The Morgan fingerprint density at radius 3 is 2.55 bits per heavy atom. The van der Waals surface area contributed by atoms with Crippen LogP contribution in [0.5, 0.6) is 17.2 Å². The molecule has 33 heavy (non-hydrogen) atoms. The monoisotopic (exact) mass is 463 g/mol. The van der Waals surface area contributed by atoms with Gasteiger partial charge in [-0.05, 0) is 60.9 Å². The molecule has 170 valence electrons. The summed E-state index contributed by atoms with van der Waals surface area (Å²) in [5.74, 6) is 1.42. The van der Waals surface area contributed by atoms with E-state index in [1.165, 1.54) is 28.5 Å². The zero-order chi connectivity index (χ0) is 23.6. The fourth-order valence-electron chi connectivity index (χ4n) is 3.11. The Morgan fingerprint density at radius 2 is 1.88 bits per heavy atom. The zero-order valence-electron chi connectivity index (χ0n) is 18.8. The van der Waals surface area contributed by atoms with Crippen molar-refractivity contribution in [1.29, 1.82) is 5.26 Å². The van der Waals surface area contributed by atoms with E-state index < -0.39 is 5.91 Å². The average molecular weight is 464 g/mol. The highest BCUT2D eigenvalue weighted by molar-refractivity contribution is 7.13. The Labute approximate surface area is 197 Å². The molecule has 0 fully saturated rings. The number of nitrogens with zero attached hydrogens (tertiary/aromatic N) is 2. The van der Waals surface area contributed by atoms with E-state index in [9.17, 15) is 10.1 Å². The number of ether oxygens (including phenoxy) is 3. The van der Waals surface area contributed by atoms with Crippen LogP contribution in [0.3, 0.4) is 0 Å². The lowest BCUT2D eigenvalue weighted by atomic mass is 10.1. The van der Waals surface area contributed by atoms with Crippen molar-refractivity contribution >= 4 is 28.5 Å². The maximum Gasteiger partial charge on any atom is 0.268 e. The number of anilines is 1. The Hall–Kier alpha value is -3.83. The van der Waals surface area contributed by atoms with E-state index in [2.05, 4.69) is 16.4 Å². The largest absolute Gasteiger partial charge is 0.493 e. The lowest BCUT2D eigenvalue weighted by Gasteiger charge is -2.12. The van der Waals surface area contributed by atoms with Gasteiger partial charge in [0.05, 0.1) is 20.3 Å². The first kappa shape index (κ1) is 23.8. The van der Waals surface area contributed by atoms with Crippen molar-refractivity contribution in [3.8, 4) is 23.3 Å². The van der Waals surface area contributed by atoms with Gasteiger partial charge >= 0.3 is 0 Å². The van der Waals surface area contributed by atoms with Crippen LogP contribution in [-0.4, -0.2) is 31.2 Å². The number of benzene rings is 2. The number of thiazole rings is 1. The van der Waals surface area contributed by atoms with Gasteiger partial charge in [-0.3, -0.25) is 10.1 Å². The fraction of sp³-hybridized carbons (Fsp3) is 0.240. The third-order valence-corrected chi connectivity index (χ3v) is 5.22. The maximum absolute atomic E-state index is 12.3. The minimum atomic E-state index is -0.518. The standard InChI is InChI=1S/C25H25N3O4S/c1-17-11-18(2)13-21(12-17)31-8-4-9-32-22-6-5-19(15-23(22)30-3)14-20(16-26)24(29)28-25-27-7-10-33-25/h5-7,10-15H,4,8-9H2,1-3H3,(H,27,28,29). The molecule has 1 heterocycles. The molecule has 3 rings (SSSR count). The van der Waals surface area contributed by atoms with Gasteiger partial charge in [-0.1, -0.05) is 12.1 Å². The van der Waals surface area contributed by atoms with E-state index in [-0.39, 0.29) is 5.57 Å². The summed E-state index contributed by atoms with van der Waals surface area (Å²) in [5.41, 5.74) is 2.94. The zero-order valence-corrected chi connectivity index (χ0v) is 19.6. The Kier molecular flexibility index (Phi) is 8.44. The van der Waals surface area contributed by atoms with Crippen LogP contribution in [0, 0.1) is 25.2 Å². The smallest absolute Gasteiger partial charge is 0.268 e. The van der Waals surface area contributed by atoms with E-state index in [0.29, 0.717) is 41.8 Å². The Balaban J connectivity index is 1.56. The first-order chi connectivity index (χ1) is 16.0. The van der Waals surface area contributed by atoms with Crippen molar-refractivity contribution < 1.29 is 19.0 Å². The van der Waals surface area contributed by atoms with Gasteiger partial charge in [-0.15, -0.1) is 11.3 Å². The van der Waals surface area contributed by atoms with Gasteiger partial charge in [0, 0.05) is 18.0 Å². The van der Waals surface area contributed by atoms with Crippen LogP contribution in [-0.2, 0) is 4.79 Å². The number of carbonyl (C=O) groups is 1. The second-order valence-corrected chi connectivity index (χ2v) is 8.14. The quantitative estimate of drug-likeness (QED) is 0.254. The number of nitriles is 1. The van der Waals surface area contributed by atoms with Crippen LogP contribution in [0.2, 0.25) is 0 Å². The molecule has 0 saturated heterocycles. The third-order valence-electron chi connectivity index (χ3n) is 4.53. The summed E-state index contributed by atoms with van der Waals surface area (Å²) in [5, 5.41) is 14.2. The van der Waals surface area contributed by atoms with E-state index in [4.69, 9.17) is 14.2 Å². The molecule has 0 unspecified atom stereocenters. The molecule has 1 N–H and O–H groups in total. The number of carbonyl (C=O) groups excluding carboxylic acids is 1. The van der Waals surface area contributed by atoms with Gasteiger partial charge in [-0.25, -0.2) is 4.98 Å². The molecule has 2 aromatic carbocycles. The van der Waals surface area contributed by atoms with Crippen molar-refractivity contribution in [3.63, 3.8) is 0 Å². The Bertz CT molecular complexity index is 1150. The molecule has 0 aliphatic heterocycles. The molecular formula is C25H25N3O4S. The highest BCUT2D eigenvalue weighted by atomic mass is 32.1. The number of rotatable bonds is 10. The van der Waals surface area contributed by atoms with E-state index in [1.807, 2.05) is 32.0 Å². The number of hydrogen-bond acceptors (Lipinski definition) is 7. The molecule has 1 aromatic heterocycles. The number of methoxy groups -OCH3 is 1. The van der Waals surface area contributed by atoms with Crippen LogP contribution in [0.1, 0.15) is 23.1 Å². The van der Waals surface area contributed by atoms with Crippen LogP contribution in [0.25, 0.3) is 6.08 Å². The summed E-state index contributed by atoms with van der Waals surface area (Å²) in [6.45, 7) is 5.07. The number of aryl methyl sites for hydroxylation is 2. The predicted octanol–water partition coefficient (Wildman–Crippen LogP) is 5.16. The maximum atomic E-state index is 12.3. The predicted molar refractivity (Wildman–Crippen MR) is 129 cm³/mol. The van der Waals surface area contributed by atoms with E-state index in [1.54, 1.807) is 36.9 Å². The van der Waals surface area contributed by atoms with Crippen LogP contribution >= 0.6 is 11.3 Å². The molecule has 0 bridgehead atoms. The summed E-state index contributed by atoms with van der Waals surface area (Å²) >= 11 is 1.28. The molecule has 7 nitrogen and oxygen atoms in total. The number of nitrogens with one attached hydrogen (secondary N) is 1. The summed E-state index contributed by atoms with van der Waals surface area (Å²) in [6, 6.07) is 13.3. The van der Waals surface area contributed by atoms with Gasteiger partial charge in [0.1, 0.15) is 17.4 Å². The van der Waals surface area contributed by atoms with Crippen molar-refractivity contribution in [2.24, 2.45) is 0 Å². The van der Waals surface area contributed by atoms with Crippen molar-refractivity contribution in [1.82, 2.24) is 4.98 Å². The van der Waals surface area contributed by atoms with Gasteiger partial charge in [0.15, 0.2) is 16.6 Å². The second-order valence-electron chi connectivity index (χ2n) is 7.25. The molecule has 0 spiro atoms. The van der Waals surface area contributed by atoms with E-state index in [0.717, 1.165) is 5.75 Å². The topological polar surface area (TPSA) is 93.5 Å². The average Bonchev–Trinajstić information content (AvgIpc) is 3.30. The van der Waals surface area contributed by atoms with Gasteiger partial charge in [0.2, 0.25) is 0 Å². The van der Waals surface area contributed by atoms with Gasteiger partial charge < -0.3 is 14.2 Å². The normalized spacial score (nSPS) is 10.9. The SMILES string of the molecule is COc1cc(C=C(C#N)C(=O)Nc2nccs2)ccc1OCCCOc1cc(C)cc(C)c1. The Morgan fingerprint density at radius 1 is 1.12 bits per heavy atom. The summed E-state index contributed by atoms with van der Waals surface area (Å²) in [4.78, 5) is 16.3. The molecule has 0 aliphatic rings. The van der Waals surface area contributed by atoms with Crippen molar-refractivity contribution in [3.05, 3.63) is 70.2 Å². The van der Waals surface area contributed by atoms with Crippen molar-refractivity contribution in [2.45, 2.75) is 20.3 Å². The minimum absolute atomic E-state index is 0.0375. The van der Waals surface area contributed by atoms with Gasteiger partial charge in [0.25, 0.3) is 5.91 Å². The third kappa shape index (κ3) is 7.09. The summed E-state index contributed by atoms with van der Waals surface area (Å²) < 4.78 is 17.1. The number of hydrogen-bond donors (Lipinski definition) is 1. The van der Waals surface area contributed by atoms with Crippen LogP contribution in [0.4, 0.5) is 5.13 Å². The minimum Gasteiger partial charge on any atom is -0.493 e. The first-order valence-electron chi connectivity index (χ1n) is 10.3. The molecule has 0 radical (unpaired) electrons. The van der Waals surface area contributed by atoms with E-state index >= 15 is 0 Å². The summed E-state index contributed by atoms with van der Waals surface area (Å²) in [6.07, 6.45) is 3.77. The first-order valence-corrected chi connectivity index (χ1v) is 11.2. The molecule has 0 aliphatic carbocycles. The van der Waals surface area contributed by atoms with Crippen LogP contribution in [0.15, 0.2) is 53.5 Å². The second kappa shape index (κ2) is 11.7. The number of aromatic nitrogens is 1. The molecular weight excluding hydrogens is 438 g/mol. The lowest BCUT2D eigenvalue weighted by molar-refractivity contribution is -0.112. The fourth-order valence-corrected chi connectivity index (χ4v) is 3.63. The molecule has 1 amide bonds. The van der Waals surface area contributed by atoms with Gasteiger partial charge in [-0.2, -0.15) is 5.26 Å². The molecule has 0 saturated carbocycles. The highest BCUT2D eigenvalue weighted by Gasteiger charge is 2.12. The number of amides is 1. The summed E-state index contributed by atoms with van der Waals surface area (Å²) in [7, 11) is 1.54. The van der Waals surface area contributed by atoms with Crippen LogP contribution < -0.4 is 19.5 Å². The van der Waals surface area contributed by atoms with Crippen molar-refractivity contribution in [2.75, 3.05) is 25.6 Å².